The van der Waals surface area contributed by atoms with E-state index in [1.54, 1.807) is 6.92 Å². The van der Waals surface area contributed by atoms with Crippen molar-refractivity contribution < 1.29 is 13.2 Å². The molecule has 0 aromatic heterocycles. The van der Waals surface area contributed by atoms with Crippen LogP contribution in [0.1, 0.15) is 45.4 Å². The molecule has 20 heavy (non-hydrogen) atoms. The molecule has 4 nitrogen and oxygen atoms in total. The smallest absolute Gasteiger partial charge is 0.226 e. The molecule has 1 amide bonds. The van der Waals surface area contributed by atoms with Gasteiger partial charge in [-0.05, 0) is 63.2 Å². The predicted molar refractivity (Wildman–Crippen MR) is 77.9 cm³/mol. The minimum Gasteiger partial charge on any atom is -0.352 e. The molecule has 0 aromatic carbocycles. The fourth-order valence-corrected chi connectivity index (χ4v) is 6.25. The molecular weight excluding hydrogens is 274 g/mol. The van der Waals surface area contributed by atoms with Crippen LogP contribution in [-0.4, -0.2) is 32.4 Å². The van der Waals surface area contributed by atoms with Crippen molar-refractivity contribution in [2.75, 3.05) is 12.0 Å². The summed E-state index contributed by atoms with van der Waals surface area (Å²) in [5.41, 5.74) is -0.180. The van der Waals surface area contributed by atoms with Crippen molar-refractivity contribution in [2.24, 2.45) is 23.2 Å². The average molecular weight is 299 g/mol. The summed E-state index contributed by atoms with van der Waals surface area (Å²) >= 11 is 0. The zero-order valence-corrected chi connectivity index (χ0v) is 13.2. The van der Waals surface area contributed by atoms with E-state index in [0.29, 0.717) is 0 Å². The molecule has 0 heterocycles. The molecule has 0 saturated heterocycles. The van der Waals surface area contributed by atoms with Crippen LogP contribution < -0.4 is 5.32 Å². The van der Waals surface area contributed by atoms with Gasteiger partial charge in [-0.3, -0.25) is 4.79 Å². The molecule has 1 atom stereocenters. The molecule has 114 valence electrons. The van der Waals surface area contributed by atoms with Gasteiger partial charge < -0.3 is 5.32 Å². The highest BCUT2D eigenvalue weighted by atomic mass is 32.2. The first-order valence-electron chi connectivity index (χ1n) is 7.74. The fraction of sp³-hybridized carbons (Fsp3) is 0.933. The summed E-state index contributed by atoms with van der Waals surface area (Å²) in [6, 6.07) is -0.287. The quantitative estimate of drug-likeness (QED) is 0.860. The highest BCUT2D eigenvalue weighted by Crippen LogP contribution is 2.60. The van der Waals surface area contributed by atoms with Crippen LogP contribution in [0.5, 0.6) is 0 Å². The molecule has 4 bridgehead atoms. The SMILES string of the molecule is C[C@@H](CS(C)(=O)=O)NC(=O)C12CC3CC(CC(C3)C1)C2. The van der Waals surface area contributed by atoms with Gasteiger partial charge in [0.1, 0.15) is 9.84 Å². The Morgan fingerprint density at radius 2 is 1.60 bits per heavy atom. The molecule has 1 N–H and O–H groups in total. The largest absolute Gasteiger partial charge is 0.352 e. The van der Waals surface area contributed by atoms with E-state index >= 15 is 0 Å². The van der Waals surface area contributed by atoms with Crippen LogP contribution in [-0.2, 0) is 14.6 Å². The van der Waals surface area contributed by atoms with Crippen LogP contribution in [0.15, 0.2) is 0 Å². The van der Waals surface area contributed by atoms with E-state index < -0.39 is 9.84 Å². The first-order valence-corrected chi connectivity index (χ1v) is 9.80. The Bertz CT molecular complexity index is 476. The lowest BCUT2D eigenvalue weighted by atomic mass is 9.49. The maximum atomic E-state index is 12.7. The molecular formula is C15H25NO3S. The van der Waals surface area contributed by atoms with Crippen molar-refractivity contribution in [1.82, 2.24) is 5.32 Å². The lowest BCUT2D eigenvalue weighted by Gasteiger charge is -2.55. The molecule has 4 rings (SSSR count). The van der Waals surface area contributed by atoms with Crippen molar-refractivity contribution in [1.29, 1.82) is 0 Å². The van der Waals surface area contributed by atoms with Crippen molar-refractivity contribution in [3.05, 3.63) is 0 Å². The van der Waals surface area contributed by atoms with Crippen LogP contribution in [0.3, 0.4) is 0 Å². The van der Waals surface area contributed by atoms with Gasteiger partial charge in [0.25, 0.3) is 0 Å². The van der Waals surface area contributed by atoms with Gasteiger partial charge in [-0.1, -0.05) is 0 Å². The first-order chi connectivity index (χ1) is 9.26. The maximum Gasteiger partial charge on any atom is 0.226 e. The number of nitrogens with one attached hydrogen (secondary N) is 1. The van der Waals surface area contributed by atoms with Crippen LogP contribution in [0, 0.1) is 23.2 Å². The summed E-state index contributed by atoms with van der Waals surface area (Å²) in [5.74, 6) is 2.35. The van der Waals surface area contributed by atoms with Crippen LogP contribution in [0.4, 0.5) is 0 Å². The van der Waals surface area contributed by atoms with E-state index in [9.17, 15) is 13.2 Å². The Kier molecular flexibility index (Phi) is 3.39. The van der Waals surface area contributed by atoms with Crippen LogP contribution in [0.25, 0.3) is 0 Å². The fourth-order valence-electron chi connectivity index (χ4n) is 5.26. The third-order valence-corrected chi connectivity index (χ3v) is 6.56. The average Bonchev–Trinajstić information content (AvgIpc) is 2.23. The van der Waals surface area contributed by atoms with Gasteiger partial charge in [0.05, 0.1) is 5.75 Å². The normalized spacial score (nSPS) is 40.6. The number of sulfone groups is 1. The van der Waals surface area contributed by atoms with E-state index in [1.807, 2.05) is 0 Å². The lowest BCUT2D eigenvalue weighted by molar-refractivity contribution is -0.146. The Labute approximate surface area is 121 Å². The zero-order chi connectivity index (χ0) is 14.5. The summed E-state index contributed by atoms with van der Waals surface area (Å²) in [6.07, 6.45) is 8.23. The molecule has 0 radical (unpaired) electrons. The molecule has 4 aliphatic carbocycles. The second-order valence-electron chi connectivity index (χ2n) is 7.66. The molecule has 0 aromatic rings. The van der Waals surface area contributed by atoms with Crippen LogP contribution >= 0.6 is 0 Å². The Morgan fingerprint density at radius 1 is 1.15 bits per heavy atom. The van der Waals surface area contributed by atoms with E-state index in [2.05, 4.69) is 5.32 Å². The molecule has 0 spiro atoms. The summed E-state index contributed by atoms with van der Waals surface area (Å²) < 4.78 is 22.6. The lowest BCUT2D eigenvalue weighted by Crippen LogP contribution is -2.55. The summed E-state index contributed by atoms with van der Waals surface area (Å²) in [7, 11) is -3.04. The summed E-state index contributed by atoms with van der Waals surface area (Å²) in [4.78, 5) is 12.7. The monoisotopic (exact) mass is 299 g/mol. The highest BCUT2D eigenvalue weighted by molar-refractivity contribution is 7.90. The van der Waals surface area contributed by atoms with Crippen LogP contribution in [0.2, 0.25) is 0 Å². The summed E-state index contributed by atoms with van der Waals surface area (Å²) in [6.45, 7) is 1.79. The minimum atomic E-state index is -3.04. The molecule has 4 fully saturated rings. The Balaban J connectivity index is 1.68. The van der Waals surface area contributed by atoms with Crippen molar-refractivity contribution in [2.45, 2.75) is 51.5 Å². The third kappa shape index (κ3) is 2.74. The Hall–Kier alpha value is -0.580. The van der Waals surface area contributed by atoms with Crippen molar-refractivity contribution in [3.8, 4) is 0 Å². The van der Waals surface area contributed by atoms with Gasteiger partial charge in [-0.15, -0.1) is 0 Å². The number of rotatable bonds is 4. The second kappa shape index (κ2) is 4.72. The molecule has 4 aliphatic rings. The number of carbonyl (C=O) groups is 1. The first kappa shape index (κ1) is 14.4. The summed E-state index contributed by atoms with van der Waals surface area (Å²) in [5, 5.41) is 2.98. The molecule has 0 unspecified atom stereocenters. The molecule has 5 heteroatoms. The second-order valence-corrected chi connectivity index (χ2v) is 9.85. The van der Waals surface area contributed by atoms with E-state index in [1.165, 1.54) is 25.5 Å². The van der Waals surface area contributed by atoms with Gasteiger partial charge in [0, 0.05) is 17.7 Å². The molecule has 4 saturated carbocycles. The maximum absolute atomic E-state index is 12.7. The number of carbonyl (C=O) groups excluding carboxylic acids is 1. The zero-order valence-electron chi connectivity index (χ0n) is 12.4. The van der Waals surface area contributed by atoms with Gasteiger partial charge in [-0.25, -0.2) is 8.42 Å². The van der Waals surface area contributed by atoms with Crippen molar-refractivity contribution in [3.63, 3.8) is 0 Å². The Morgan fingerprint density at radius 3 is 2.00 bits per heavy atom. The third-order valence-electron chi connectivity index (χ3n) is 5.45. The van der Waals surface area contributed by atoms with Gasteiger partial charge >= 0.3 is 0 Å². The molecule has 0 aliphatic heterocycles. The number of hydrogen-bond donors (Lipinski definition) is 1. The van der Waals surface area contributed by atoms with Gasteiger partial charge in [0.15, 0.2) is 0 Å². The van der Waals surface area contributed by atoms with Crippen molar-refractivity contribution >= 4 is 15.7 Å². The van der Waals surface area contributed by atoms with E-state index in [0.717, 1.165) is 37.0 Å². The number of hydrogen-bond acceptors (Lipinski definition) is 3. The van der Waals surface area contributed by atoms with E-state index in [4.69, 9.17) is 0 Å². The standard InChI is InChI=1S/C15H25NO3S/c1-10(9-20(2,18)19)16-14(17)15-6-11-3-12(7-15)5-13(4-11)8-15/h10-13H,3-9H2,1-2H3,(H,16,17)/t10-,11?,12?,13?,15?/m0/s1. The highest BCUT2D eigenvalue weighted by Gasteiger charge is 2.54. The van der Waals surface area contributed by atoms with Gasteiger partial charge in [0.2, 0.25) is 5.91 Å². The van der Waals surface area contributed by atoms with E-state index in [-0.39, 0.29) is 23.1 Å². The number of amides is 1. The topological polar surface area (TPSA) is 63.2 Å². The minimum absolute atomic E-state index is 0.0328. The van der Waals surface area contributed by atoms with Gasteiger partial charge in [-0.2, -0.15) is 0 Å². The predicted octanol–water partition coefficient (Wildman–Crippen LogP) is 1.75.